The first kappa shape index (κ1) is 34.5. The van der Waals surface area contributed by atoms with Gasteiger partial charge in [0.1, 0.15) is 22.8 Å². The van der Waals surface area contributed by atoms with Crippen LogP contribution in [-0.2, 0) is 27.2 Å². The van der Waals surface area contributed by atoms with E-state index in [4.69, 9.17) is 14.2 Å². The molecule has 12 heteroatoms. The SMILES string of the molecule is COc1cccc2c1C(=O)c1c(O)c3c(c(O)c1C2=O)C[C@@](O)(C(C)=O)C[C@@H]3OC1CC(N(C)Cc2ccccc2)C(O)C(C)O1.Cl. The molecule has 6 atom stereocenters. The molecule has 4 N–H and O–H groups in total. The summed E-state index contributed by atoms with van der Waals surface area (Å²) >= 11 is 0. The van der Waals surface area contributed by atoms with E-state index in [0.717, 1.165) is 5.56 Å². The number of hydrogen-bond acceptors (Lipinski definition) is 11. The van der Waals surface area contributed by atoms with Crippen molar-refractivity contribution in [2.75, 3.05) is 14.2 Å². The van der Waals surface area contributed by atoms with E-state index in [1.807, 2.05) is 42.3 Å². The van der Waals surface area contributed by atoms with Gasteiger partial charge in [-0.3, -0.25) is 19.3 Å². The van der Waals surface area contributed by atoms with Crippen LogP contribution in [0.25, 0.3) is 0 Å². The second-order valence-corrected chi connectivity index (χ2v) is 12.4. The molecule has 1 heterocycles. The largest absolute Gasteiger partial charge is 0.507 e. The number of likely N-dealkylation sites (N-methyl/N-ethyl adjacent to an activating group) is 1. The average molecular weight is 668 g/mol. The summed E-state index contributed by atoms with van der Waals surface area (Å²) in [6.45, 7) is 3.46. The second-order valence-electron chi connectivity index (χ2n) is 12.4. The van der Waals surface area contributed by atoms with Gasteiger partial charge in [0.25, 0.3) is 0 Å². The Kier molecular flexibility index (Phi) is 9.53. The summed E-state index contributed by atoms with van der Waals surface area (Å²) in [5, 5.41) is 45.8. The minimum atomic E-state index is -2.01. The Morgan fingerprint density at radius 1 is 1.02 bits per heavy atom. The number of rotatable bonds is 7. The number of ether oxygens (including phenoxy) is 3. The fraction of sp³-hybridized carbons (Fsp3) is 0.400. The number of aromatic hydroxyl groups is 2. The Bertz CT molecular complexity index is 1730. The number of nitrogens with zero attached hydrogens (tertiary/aromatic N) is 1. The van der Waals surface area contributed by atoms with Crippen LogP contribution in [0.1, 0.15) is 81.3 Å². The molecular formula is C35H38ClNO10. The van der Waals surface area contributed by atoms with Crippen molar-refractivity contribution in [3.8, 4) is 17.2 Å². The van der Waals surface area contributed by atoms with Crippen molar-refractivity contribution in [3.63, 3.8) is 0 Å². The number of carbonyl (C=O) groups excluding carboxylic acids is 3. The number of phenolic OH excluding ortho intramolecular Hbond substituents is 2. The maximum atomic E-state index is 13.9. The molecule has 0 amide bonds. The fourth-order valence-electron chi connectivity index (χ4n) is 7.03. The predicted molar refractivity (Wildman–Crippen MR) is 171 cm³/mol. The number of methoxy groups -OCH3 is 1. The summed E-state index contributed by atoms with van der Waals surface area (Å²) in [6, 6.07) is 13.8. The molecule has 6 rings (SSSR count). The Labute approximate surface area is 278 Å². The van der Waals surface area contributed by atoms with Crippen LogP contribution >= 0.6 is 12.4 Å². The lowest BCUT2D eigenvalue weighted by Crippen LogP contribution is -2.54. The molecule has 0 radical (unpaired) electrons. The van der Waals surface area contributed by atoms with Crippen LogP contribution in [0.5, 0.6) is 17.2 Å². The molecule has 3 aromatic rings. The highest BCUT2D eigenvalue weighted by Crippen LogP contribution is 2.52. The number of Topliss-reactive ketones (excluding diaryl/α,β-unsaturated/α-hetero) is 1. The predicted octanol–water partition coefficient (Wildman–Crippen LogP) is 3.62. The number of fused-ring (bicyclic) bond motifs is 3. The molecule has 0 saturated carbocycles. The van der Waals surface area contributed by atoms with E-state index in [2.05, 4.69) is 0 Å². The number of carbonyl (C=O) groups is 3. The first-order valence-corrected chi connectivity index (χ1v) is 15.2. The van der Waals surface area contributed by atoms with E-state index < -0.39 is 82.6 Å². The summed E-state index contributed by atoms with van der Waals surface area (Å²) in [5.74, 6) is -3.11. The van der Waals surface area contributed by atoms with Crippen molar-refractivity contribution in [2.45, 2.75) is 75.9 Å². The van der Waals surface area contributed by atoms with Crippen LogP contribution in [0.15, 0.2) is 48.5 Å². The molecule has 0 spiro atoms. The summed E-state index contributed by atoms with van der Waals surface area (Å²) < 4.78 is 17.8. The number of aliphatic hydroxyl groups excluding tert-OH is 1. The maximum absolute atomic E-state index is 13.9. The number of hydrogen-bond donors (Lipinski definition) is 4. The van der Waals surface area contributed by atoms with Crippen molar-refractivity contribution >= 4 is 29.8 Å². The first-order chi connectivity index (χ1) is 21.9. The zero-order chi connectivity index (χ0) is 33.1. The Hall–Kier alpha value is -3.84. The number of ketones is 3. The average Bonchev–Trinajstić information content (AvgIpc) is 3.02. The van der Waals surface area contributed by atoms with Crippen LogP contribution in [-0.4, -0.2) is 87.0 Å². The molecule has 3 aromatic carbocycles. The van der Waals surface area contributed by atoms with Gasteiger partial charge in [-0.2, -0.15) is 0 Å². The topological polar surface area (TPSA) is 163 Å². The van der Waals surface area contributed by atoms with Gasteiger partial charge >= 0.3 is 0 Å². The molecule has 0 aromatic heterocycles. The second kappa shape index (κ2) is 13.0. The Balaban J connectivity index is 0.00000433. The summed E-state index contributed by atoms with van der Waals surface area (Å²) in [7, 11) is 3.23. The number of benzene rings is 3. The molecular weight excluding hydrogens is 630 g/mol. The monoisotopic (exact) mass is 667 g/mol. The third-order valence-electron chi connectivity index (χ3n) is 9.56. The first-order valence-electron chi connectivity index (χ1n) is 15.2. The molecule has 47 heavy (non-hydrogen) atoms. The molecule has 250 valence electrons. The lowest BCUT2D eigenvalue weighted by molar-refractivity contribution is -0.258. The van der Waals surface area contributed by atoms with Crippen LogP contribution < -0.4 is 4.74 Å². The van der Waals surface area contributed by atoms with Crippen LogP contribution in [0.2, 0.25) is 0 Å². The van der Waals surface area contributed by atoms with Gasteiger partial charge in [0.15, 0.2) is 17.9 Å². The minimum Gasteiger partial charge on any atom is -0.507 e. The number of phenols is 2. The van der Waals surface area contributed by atoms with E-state index in [-0.39, 0.29) is 53.3 Å². The van der Waals surface area contributed by atoms with Crippen molar-refractivity contribution in [2.24, 2.45) is 0 Å². The summed E-state index contributed by atoms with van der Waals surface area (Å²) in [4.78, 5) is 42.3. The number of halogens is 1. The lowest BCUT2D eigenvalue weighted by atomic mass is 9.72. The van der Waals surface area contributed by atoms with E-state index in [1.54, 1.807) is 6.92 Å². The molecule has 0 bridgehead atoms. The molecule has 3 aliphatic rings. The minimum absolute atomic E-state index is 0. The fourth-order valence-corrected chi connectivity index (χ4v) is 7.03. The molecule has 1 aliphatic heterocycles. The molecule has 4 unspecified atom stereocenters. The third kappa shape index (κ3) is 5.81. The standard InChI is InChI=1S/C35H37NO10.ClH/c1-17-30(38)22(36(3)16-19-9-6-5-7-10-19)13-25(45-17)46-24-15-35(43,18(2)37)14-21-27(24)34(42)29-28(32(21)40)31(39)20-11-8-12-23(44-4)26(20)33(29)41;/h5-12,17,22,24-25,30,38,40,42-43H,13-16H2,1-4H3;1H/t17?,22?,24-,25?,30?,35-;/m0./s1. The van der Waals surface area contributed by atoms with Crippen LogP contribution in [0, 0.1) is 0 Å². The van der Waals surface area contributed by atoms with Gasteiger partial charge in [0.2, 0.25) is 5.78 Å². The van der Waals surface area contributed by atoms with Crippen molar-refractivity contribution in [3.05, 3.63) is 87.5 Å². The van der Waals surface area contributed by atoms with Gasteiger partial charge in [-0.1, -0.05) is 42.5 Å². The zero-order valence-corrected chi connectivity index (χ0v) is 27.2. The van der Waals surface area contributed by atoms with E-state index in [0.29, 0.717) is 6.54 Å². The smallest absolute Gasteiger partial charge is 0.202 e. The molecule has 1 saturated heterocycles. The van der Waals surface area contributed by atoms with E-state index >= 15 is 0 Å². The van der Waals surface area contributed by atoms with Crippen LogP contribution in [0.4, 0.5) is 0 Å². The van der Waals surface area contributed by atoms with Gasteiger partial charge in [0, 0.05) is 48.5 Å². The van der Waals surface area contributed by atoms with Gasteiger partial charge in [0.05, 0.1) is 42.1 Å². The van der Waals surface area contributed by atoms with Gasteiger partial charge < -0.3 is 34.6 Å². The molecule has 11 nitrogen and oxygen atoms in total. The molecule has 1 fully saturated rings. The number of aliphatic hydroxyl groups is 2. The lowest BCUT2D eigenvalue weighted by Gasteiger charge is -2.44. The van der Waals surface area contributed by atoms with Gasteiger partial charge in [-0.15, -0.1) is 12.4 Å². The van der Waals surface area contributed by atoms with E-state index in [1.165, 1.54) is 32.2 Å². The third-order valence-corrected chi connectivity index (χ3v) is 9.56. The Morgan fingerprint density at radius 3 is 2.36 bits per heavy atom. The van der Waals surface area contributed by atoms with Crippen molar-refractivity contribution in [1.82, 2.24) is 4.90 Å². The quantitative estimate of drug-likeness (QED) is 0.213. The zero-order valence-electron chi connectivity index (χ0n) is 26.4. The Morgan fingerprint density at radius 2 is 1.70 bits per heavy atom. The van der Waals surface area contributed by atoms with E-state index in [9.17, 15) is 34.8 Å². The van der Waals surface area contributed by atoms with Crippen LogP contribution in [0.3, 0.4) is 0 Å². The summed E-state index contributed by atoms with van der Waals surface area (Å²) in [5.41, 5.74) is -1.93. The highest BCUT2D eigenvalue weighted by molar-refractivity contribution is 6.31. The van der Waals surface area contributed by atoms with Crippen molar-refractivity contribution < 1.29 is 49.0 Å². The maximum Gasteiger partial charge on any atom is 0.202 e. The van der Waals surface area contributed by atoms with Gasteiger partial charge in [-0.05, 0) is 32.5 Å². The van der Waals surface area contributed by atoms with Crippen molar-refractivity contribution in [1.29, 1.82) is 0 Å². The highest BCUT2D eigenvalue weighted by Gasteiger charge is 2.49. The normalized spacial score (nSPS) is 26.6. The summed E-state index contributed by atoms with van der Waals surface area (Å²) in [6.07, 6.45) is -4.26. The highest BCUT2D eigenvalue weighted by atomic mass is 35.5. The molecule has 2 aliphatic carbocycles. The van der Waals surface area contributed by atoms with Gasteiger partial charge in [-0.25, -0.2) is 0 Å².